The maximum absolute atomic E-state index is 8.89. The van der Waals surface area contributed by atoms with Crippen LogP contribution < -0.4 is 0 Å². The van der Waals surface area contributed by atoms with Crippen LogP contribution in [0.2, 0.25) is 0 Å². The summed E-state index contributed by atoms with van der Waals surface area (Å²) in [6.45, 7) is 3.61. The lowest BCUT2D eigenvalue weighted by Crippen LogP contribution is -1.92. The van der Waals surface area contributed by atoms with Crippen LogP contribution in [0.4, 0.5) is 0 Å². The monoisotopic (exact) mass is 164 g/mol. The second-order valence-electron chi connectivity index (χ2n) is 2.13. The molecule has 0 aliphatic heterocycles. The van der Waals surface area contributed by atoms with E-state index in [-0.39, 0.29) is 5.05 Å². The Morgan fingerprint density at radius 1 is 1.36 bits per heavy atom. The Kier molecular flexibility index (Phi) is 2.39. The number of thiocarbonyl (C=S) groups is 1. The van der Waals surface area contributed by atoms with Gasteiger partial charge in [0, 0.05) is 5.56 Å². The predicted octanol–water partition coefficient (Wildman–Crippen LogP) is 2.56. The van der Waals surface area contributed by atoms with Crippen molar-refractivity contribution in [1.82, 2.24) is 0 Å². The Morgan fingerprint density at radius 3 is 2.27 bits per heavy atom. The lowest BCUT2D eigenvalue weighted by Gasteiger charge is -1.96. The molecule has 0 spiro atoms. The molecule has 0 unspecified atom stereocenters. The zero-order chi connectivity index (χ0) is 8.27. The SMILES string of the molecule is C=Cc1ccc(C(O)=S)cc1. The molecule has 0 radical (unpaired) electrons. The van der Waals surface area contributed by atoms with Gasteiger partial charge in [0.2, 0.25) is 0 Å². The van der Waals surface area contributed by atoms with Crippen LogP contribution >= 0.6 is 12.2 Å². The maximum atomic E-state index is 8.89. The highest BCUT2D eigenvalue weighted by Crippen LogP contribution is 2.05. The molecule has 0 aromatic heterocycles. The van der Waals surface area contributed by atoms with Gasteiger partial charge in [-0.2, -0.15) is 0 Å². The number of benzene rings is 1. The van der Waals surface area contributed by atoms with E-state index in [4.69, 9.17) is 5.11 Å². The molecular formula is C9H8OS. The third-order valence-electron chi connectivity index (χ3n) is 1.39. The van der Waals surface area contributed by atoms with Gasteiger partial charge in [-0.3, -0.25) is 0 Å². The second-order valence-corrected chi connectivity index (χ2v) is 2.52. The molecule has 0 fully saturated rings. The zero-order valence-electron chi connectivity index (χ0n) is 5.95. The number of hydrogen-bond acceptors (Lipinski definition) is 1. The predicted molar refractivity (Wildman–Crippen MR) is 50.9 cm³/mol. The highest BCUT2D eigenvalue weighted by molar-refractivity contribution is 7.80. The summed E-state index contributed by atoms with van der Waals surface area (Å²) in [4.78, 5) is 0. The van der Waals surface area contributed by atoms with E-state index in [9.17, 15) is 0 Å². The van der Waals surface area contributed by atoms with E-state index in [0.717, 1.165) is 5.56 Å². The van der Waals surface area contributed by atoms with Crippen LogP contribution in [0.1, 0.15) is 11.1 Å². The highest BCUT2D eigenvalue weighted by atomic mass is 32.1. The van der Waals surface area contributed by atoms with Gasteiger partial charge in [0.25, 0.3) is 0 Å². The Labute approximate surface area is 71.0 Å². The Morgan fingerprint density at radius 2 is 1.91 bits per heavy atom. The van der Waals surface area contributed by atoms with Crippen molar-refractivity contribution in [2.75, 3.05) is 0 Å². The zero-order valence-corrected chi connectivity index (χ0v) is 6.77. The van der Waals surface area contributed by atoms with Gasteiger partial charge in [-0.1, -0.05) is 24.8 Å². The molecule has 0 saturated carbocycles. The molecule has 11 heavy (non-hydrogen) atoms. The maximum Gasteiger partial charge on any atom is 0.188 e. The van der Waals surface area contributed by atoms with Crippen molar-refractivity contribution >= 4 is 23.3 Å². The summed E-state index contributed by atoms with van der Waals surface area (Å²) in [6.07, 6.45) is 1.74. The summed E-state index contributed by atoms with van der Waals surface area (Å²) < 4.78 is 0. The first-order valence-electron chi connectivity index (χ1n) is 3.20. The summed E-state index contributed by atoms with van der Waals surface area (Å²) in [7, 11) is 0. The van der Waals surface area contributed by atoms with Crippen LogP contribution in [-0.2, 0) is 0 Å². The molecule has 2 heteroatoms. The molecule has 0 aliphatic rings. The van der Waals surface area contributed by atoms with Crippen LogP contribution in [0.5, 0.6) is 0 Å². The standard InChI is InChI=1S/C9H8OS/c1-2-7-3-5-8(6-4-7)9(10)11/h2-6H,1H2,(H,10,11). The molecule has 0 heterocycles. The van der Waals surface area contributed by atoms with Crippen molar-refractivity contribution in [2.45, 2.75) is 0 Å². The molecule has 1 aromatic rings. The molecule has 1 nitrogen and oxygen atoms in total. The van der Waals surface area contributed by atoms with E-state index in [1.807, 2.05) is 12.1 Å². The molecule has 1 N–H and O–H groups in total. The Hall–Kier alpha value is -1.15. The van der Waals surface area contributed by atoms with Gasteiger partial charge < -0.3 is 5.11 Å². The van der Waals surface area contributed by atoms with Gasteiger partial charge in [-0.15, -0.1) is 0 Å². The average Bonchev–Trinajstić information content (AvgIpc) is 2.05. The summed E-state index contributed by atoms with van der Waals surface area (Å²) in [6, 6.07) is 7.23. The van der Waals surface area contributed by atoms with Gasteiger partial charge in [0.15, 0.2) is 5.05 Å². The van der Waals surface area contributed by atoms with Crippen molar-refractivity contribution in [3.05, 3.63) is 42.0 Å². The summed E-state index contributed by atoms with van der Waals surface area (Å²) >= 11 is 4.57. The molecule has 0 bridgehead atoms. The molecule has 0 amide bonds. The molecule has 0 aliphatic carbocycles. The van der Waals surface area contributed by atoms with Crippen molar-refractivity contribution in [3.63, 3.8) is 0 Å². The minimum Gasteiger partial charge on any atom is -0.499 e. The first-order valence-corrected chi connectivity index (χ1v) is 3.60. The number of aliphatic hydroxyl groups excluding tert-OH is 1. The topological polar surface area (TPSA) is 20.2 Å². The van der Waals surface area contributed by atoms with Gasteiger partial charge >= 0.3 is 0 Å². The molecule has 56 valence electrons. The normalized spacial score (nSPS) is 9.09. The third kappa shape index (κ3) is 1.88. The Bertz CT molecular complexity index is 274. The third-order valence-corrected chi connectivity index (χ3v) is 1.63. The minimum atomic E-state index is -0.0689. The fourth-order valence-electron chi connectivity index (χ4n) is 0.762. The molecule has 0 saturated heterocycles. The fraction of sp³-hybridized carbons (Fsp3) is 0. The number of rotatable bonds is 2. The van der Waals surface area contributed by atoms with Crippen molar-refractivity contribution in [3.8, 4) is 0 Å². The van der Waals surface area contributed by atoms with E-state index in [2.05, 4.69) is 18.8 Å². The summed E-state index contributed by atoms with van der Waals surface area (Å²) in [5.74, 6) is 0. The van der Waals surface area contributed by atoms with Gasteiger partial charge in [-0.05, 0) is 29.9 Å². The number of hydrogen-bond donors (Lipinski definition) is 1. The van der Waals surface area contributed by atoms with Crippen molar-refractivity contribution < 1.29 is 5.11 Å². The molecular weight excluding hydrogens is 156 g/mol. The highest BCUT2D eigenvalue weighted by Gasteiger charge is 1.94. The molecule has 0 atom stereocenters. The quantitative estimate of drug-likeness (QED) is 0.678. The summed E-state index contributed by atoms with van der Waals surface area (Å²) in [5, 5.41) is 8.82. The van der Waals surface area contributed by atoms with Crippen LogP contribution in [0.3, 0.4) is 0 Å². The first-order chi connectivity index (χ1) is 5.24. The largest absolute Gasteiger partial charge is 0.499 e. The van der Waals surface area contributed by atoms with E-state index >= 15 is 0 Å². The summed E-state index contributed by atoms with van der Waals surface area (Å²) in [5.41, 5.74) is 1.69. The lowest BCUT2D eigenvalue weighted by atomic mass is 10.1. The van der Waals surface area contributed by atoms with Crippen molar-refractivity contribution in [1.29, 1.82) is 0 Å². The van der Waals surface area contributed by atoms with Crippen molar-refractivity contribution in [2.24, 2.45) is 0 Å². The van der Waals surface area contributed by atoms with Crippen LogP contribution in [0.25, 0.3) is 6.08 Å². The lowest BCUT2D eigenvalue weighted by molar-refractivity contribution is 0.571. The molecule has 1 aromatic carbocycles. The fourth-order valence-corrected chi connectivity index (χ4v) is 0.898. The van der Waals surface area contributed by atoms with Gasteiger partial charge in [0.05, 0.1) is 0 Å². The minimum absolute atomic E-state index is 0.0689. The smallest absolute Gasteiger partial charge is 0.188 e. The average molecular weight is 164 g/mol. The van der Waals surface area contributed by atoms with Crippen LogP contribution in [0, 0.1) is 0 Å². The number of aliphatic hydroxyl groups is 1. The van der Waals surface area contributed by atoms with Gasteiger partial charge in [0.1, 0.15) is 0 Å². The van der Waals surface area contributed by atoms with E-state index in [0.29, 0.717) is 5.56 Å². The van der Waals surface area contributed by atoms with E-state index in [1.54, 1.807) is 18.2 Å². The first kappa shape index (κ1) is 7.95. The van der Waals surface area contributed by atoms with Crippen LogP contribution in [-0.4, -0.2) is 10.2 Å². The Balaban J connectivity index is 3.00. The van der Waals surface area contributed by atoms with E-state index in [1.165, 1.54) is 0 Å². The van der Waals surface area contributed by atoms with Crippen LogP contribution in [0.15, 0.2) is 30.8 Å². The second kappa shape index (κ2) is 3.30. The molecule has 1 rings (SSSR count). The van der Waals surface area contributed by atoms with E-state index < -0.39 is 0 Å². The van der Waals surface area contributed by atoms with Gasteiger partial charge in [-0.25, -0.2) is 0 Å².